The molecular formula is C19H21N5O7. The van der Waals surface area contributed by atoms with Gasteiger partial charge < -0.3 is 24.8 Å². The smallest absolute Gasteiger partial charge is 0.280 e. The Morgan fingerprint density at radius 2 is 2.16 bits per heavy atom. The fraction of sp³-hybridized carbons (Fsp3) is 0.368. The Hall–Kier alpha value is -3.32. The molecule has 1 aliphatic rings. The molecule has 0 radical (unpaired) electrons. The first kappa shape index (κ1) is 20.9. The second-order valence-corrected chi connectivity index (χ2v) is 7.12. The highest BCUT2D eigenvalue weighted by Gasteiger charge is 2.44. The van der Waals surface area contributed by atoms with E-state index in [0.29, 0.717) is 5.75 Å². The van der Waals surface area contributed by atoms with E-state index in [4.69, 9.17) is 9.47 Å². The van der Waals surface area contributed by atoms with Gasteiger partial charge in [-0.2, -0.15) is 4.98 Å². The monoisotopic (exact) mass is 431 g/mol. The third kappa shape index (κ3) is 4.14. The van der Waals surface area contributed by atoms with Gasteiger partial charge in [0, 0.05) is 0 Å². The number of nitrogens with one attached hydrogen (secondary N) is 2. The van der Waals surface area contributed by atoms with Gasteiger partial charge in [-0.25, -0.2) is 4.98 Å². The number of hydrogen-bond acceptors (Lipinski definition) is 9. The highest BCUT2D eigenvalue weighted by molar-refractivity contribution is 5.90. The lowest BCUT2D eigenvalue weighted by atomic mass is 10.1. The molecule has 2 aromatic heterocycles. The average molecular weight is 431 g/mol. The van der Waals surface area contributed by atoms with Crippen LogP contribution < -0.4 is 15.6 Å². The van der Waals surface area contributed by atoms with Crippen LogP contribution in [-0.4, -0.2) is 72.3 Å². The Morgan fingerprint density at radius 1 is 1.35 bits per heavy atom. The predicted octanol–water partition coefficient (Wildman–Crippen LogP) is -0.943. The highest BCUT2D eigenvalue weighted by atomic mass is 16.6. The lowest BCUT2D eigenvalue weighted by molar-refractivity contribution is -0.118. The number of rotatable bonds is 6. The molecule has 5 N–H and O–H groups in total. The number of benzene rings is 1. The number of aliphatic hydroxyl groups excluding tert-OH is 3. The molecule has 0 saturated carbocycles. The summed E-state index contributed by atoms with van der Waals surface area (Å²) in [6.07, 6.45) is -3.61. The van der Waals surface area contributed by atoms with Crippen molar-refractivity contribution in [3.63, 3.8) is 0 Å². The van der Waals surface area contributed by atoms with Crippen LogP contribution in [0.1, 0.15) is 11.8 Å². The number of nitrogens with zero attached hydrogens (tertiary/aromatic N) is 3. The molecule has 1 aliphatic heterocycles. The number of carbonyl (C=O) groups excluding carboxylic acids is 1. The number of amides is 1. The number of hydrogen-bond donors (Lipinski definition) is 5. The van der Waals surface area contributed by atoms with Gasteiger partial charge in [0.05, 0.1) is 12.9 Å². The van der Waals surface area contributed by atoms with E-state index in [2.05, 4.69) is 20.3 Å². The van der Waals surface area contributed by atoms with Gasteiger partial charge in [-0.15, -0.1) is 0 Å². The van der Waals surface area contributed by atoms with Gasteiger partial charge in [0.2, 0.25) is 5.95 Å². The lowest BCUT2D eigenvalue weighted by Gasteiger charge is -2.16. The van der Waals surface area contributed by atoms with E-state index in [1.54, 1.807) is 18.2 Å². The Labute approximate surface area is 175 Å². The molecule has 3 heterocycles. The molecule has 0 unspecified atom stereocenters. The summed E-state index contributed by atoms with van der Waals surface area (Å²) in [6.45, 7) is 1.09. The van der Waals surface area contributed by atoms with Crippen molar-refractivity contribution in [1.82, 2.24) is 19.5 Å². The molecule has 12 heteroatoms. The van der Waals surface area contributed by atoms with Crippen molar-refractivity contribution in [1.29, 1.82) is 0 Å². The van der Waals surface area contributed by atoms with Crippen LogP contribution in [0.2, 0.25) is 0 Å². The van der Waals surface area contributed by atoms with Crippen LogP contribution in [0, 0.1) is 6.92 Å². The first-order valence-electron chi connectivity index (χ1n) is 9.46. The van der Waals surface area contributed by atoms with Gasteiger partial charge in [0.25, 0.3) is 11.5 Å². The van der Waals surface area contributed by atoms with E-state index in [-0.39, 0.29) is 23.7 Å². The van der Waals surface area contributed by atoms with Crippen molar-refractivity contribution in [2.24, 2.45) is 0 Å². The van der Waals surface area contributed by atoms with Gasteiger partial charge in [0.1, 0.15) is 24.1 Å². The zero-order chi connectivity index (χ0) is 22.1. The van der Waals surface area contributed by atoms with Crippen LogP contribution in [0.3, 0.4) is 0 Å². The minimum atomic E-state index is -1.38. The maximum absolute atomic E-state index is 12.3. The standard InChI is InChI=1S/C19H21N5O7/c1-9-3-2-4-10(5-9)30-7-12(26)21-19-22-16-13(17(29)23-19)20-8-24(16)18-15(28)14(27)11(6-25)31-18/h2-5,8,11,14-15,18,25,27-28H,6-7H2,1H3,(H2,21,22,23,26,29)/t11-,14+,15-,18-/m1/s1. The van der Waals surface area contributed by atoms with Crippen molar-refractivity contribution in [3.05, 3.63) is 46.5 Å². The molecule has 0 bridgehead atoms. The van der Waals surface area contributed by atoms with Crippen molar-refractivity contribution < 1.29 is 29.6 Å². The molecule has 1 aromatic carbocycles. The van der Waals surface area contributed by atoms with E-state index in [1.165, 1.54) is 10.9 Å². The number of ether oxygens (including phenoxy) is 2. The minimum absolute atomic E-state index is 0.0218. The van der Waals surface area contributed by atoms with Crippen LogP contribution in [0.15, 0.2) is 35.4 Å². The molecule has 3 aromatic rings. The lowest BCUT2D eigenvalue weighted by Crippen LogP contribution is -2.33. The predicted molar refractivity (Wildman–Crippen MR) is 106 cm³/mol. The number of carbonyl (C=O) groups is 1. The third-order valence-electron chi connectivity index (χ3n) is 4.84. The van der Waals surface area contributed by atoms with Crippen LogP contribution in [0.25, 0.3) is 11.2 Å². The number of anilines is 1. The molecule has 0 aliphatic carbocycles. The average Bonchev–Trinajstić information content (AvgIpc) is 3.28. The summed E-state index contributed by atoms with van der Waals surface area (Å²) in [6, 6.07) is 7.19. The Balaban J connectivity index is 1.54. The normalized spacial score (nSPS) is 23.2. The summed E-state index contributed by atoms with van der Waals surface area (Å²) in [5, 5.41) is 31.9. The molecule has 164 valence electrons. The van der Waals surface area contributed by atoms with E-state index in [0.717, 1.165) is 5.56 Å². The van der Waals surface area contributed by atoms with E-state index < -0.39 is 42.6 Å². The Bertz CT molecular complexity index is 1160. The topological polar surface area (TPSA) is 172 Å². The molecule has 1 amide bonds. The van der Waals surface area contributed by atoms with Gasteiger partial charge in [-0.3, -0.25) is 24.5 Å². The summed E-state index contributed by atoms with van der Waals surface area (Å²) in [4.78, 5) is 35.1. The molecule has 4 rings (SSSR count). The number of aromatic nitrogens is 4. The van der Waals surface area contributed by atoms with E-state index >= 15 is 0 Å². The first-order valence-corrected chi connectivity index (χ1v) is 9.46. The number of aromatic amines is 1. The Morgan fingerprint density at radius 3 is 2.87 bits per heavy atom. The van der Waals surface area contributed by atoms with E-state index in [9.17, 15) is 24.9 Å². The van der Waals surface area contributed by atoms with Crippen LogP contribution >= 0.6 is 0 Å². The van der Waals surface area contributed by atoms with Crippen LogP contribution in [-0.2, 0) is 9.53 Å². The zero-order valence-electron chi connectivity index (χ0n) is 16.4. The van der Waals surface area contributed by atoms with Crippen molar-refractivity contribution >= 4 is 23.0 Å². The molecule has 1 saturated heterocycles. The quantitative estimate of drug-likeness (QED) is 0.330. The molecule has 4 atom stereocenters. The second-order valence-electron chi connectivity index (χ2n) is 7.12. The van der Waals surface area contributed by atoms with Gasteiger partial charge >= 0.3 is 0 Å². The third-order valence-corrected chi connectivity index (χ3v) is 4.84. The van der Waals surface area contributed by atoms with Gasteiger partial charge in [0.15, 0.2) is 24.0 Å². The molecule has 0 spiro atoms. The van der Waals surface area contributed by atoms with Crippen LogP contribution in [0.5, 0.6) is 5.75 Å². The molecule has 12 nitrogen and oxygen atoms in total. The van der Waals surface area contributed by atoms with E-state index in [1.807, 2.05) is 13.0 Å². The fourth-order valence-electron chi connectivity index (χ4n) is 3.30. The number of aliphatic hydroxyl groups is 3. The number of H-pyrrole nitrogens is 1. The maximum atomic E-state index is 12.3. The van der Waals surface area contributed by atoms with Crippen LogP contribution in [0.4, 0.5) is 5.95 Å². The second kappa shape index (κ2) is 8.43. The maximum Gasteiger partial charge on any atom is 0.280 e. The highest BCUT2D eigenvalue weighted by Crippen LogP contribution is 2.30. The molecule has 1 fully saturated rings. The van der Waals surface area contributed by atoms with Crippen molar-refractivity contribution in [2.45, 2.75) is 31.5 Å². The fourth-order valence-corrected chi connectivity index (χ4v) is 3.30. The molecular weight excluding hydrogens is 410 g/mol. The summed E-state index contributed by atoms with van der Waals surface area (Å²) in [5.74, 6) is -0.179. The van der Waals surface area contributed by atoms with Gasteiger partial charge in [-0.05, 0) is 24.6 Å². The number of aryl methyl sites for hydroxylation is 1. The summed E-state index contributed by atoms with van der Waals surface area (Å²) >= 11 is 0. The summed E-state index contributed by atoms with van der Waals surface area (Å²) < 4.78 is 12.1. The first-order chi connectivity index (χ1) is 14.9. The summed E-state index contributed by atoms with van der Waals surface area (Å²) in [5.41, 5.74) is 0.332. The Kier molecular flexibility index (Phi) is 5.69. The van der Waals surface area contributed by atoms with Crippen molar-refractivity contribution in [2.75, 3.05) is 18.5 Å². The number of fused-ring (bicyclic) bond motifs is 1. The minimum Gasteiger partial charge on any atom is -0.484 e. The summed E-state index contributed by atoms with van der Waals surface area (Å²) in [7, 11) is 0. The zero-order valence-corrected chi connectivity index (χ0v) is 16.4. The van der Waals surface area contributed by atoms with Crippen molar-refractivity contribution in [3.8, 4) is 5.75 Å². The largest absolute Gasteiger partial charge is 0.484 e. The molecule has 31 heavy (non-hydrogen) atoms. The van der Waals surface area contributed by atoms with Gasteiger partial charge in [-0.1, -0.05) is 12.1 Å². The SMILES string of the molecule is Cc1cccc(OCC(=O)Nc2nc3c(ncn3[C@@H]3O[C@H](CO)[C@H](O)[C@H]3O)c(=O)[nH]2)c1. The number of imidazole rings is 1.